The summed E-state index contributed by atoms with van der Waals surface area (Å²) in [5.41, 5.74) is 14.4. The summed E-state index contributed by atoms with van der Waals surface area (Å²) in [6.45, 7) is 5.13. The fourth-order valence-corrected chi connectivity index (χ4v) is 5.49. The summed E-state index contributed by atoms with van der Waals surface area (Å²) < 4.78 is 3.12. The minimum Gasteiger partial charge on any atom is -0.384 e. The number of carbonyl (C=O) groups is 3. The Labute approximate surface area is 275 Å². The molecule has 246 valence electrons. The van der Waals surface area contributed by atoms with Gasteiger partial charge in [-0.25, -0.2) is 4.79 Å². The van der Waals surface area contributed by atoms with E-state index in [1.54, 1.807) is 0 Å². The molecule has 0 atom stereocenters. The van der Waals surface area contributed by atoms with Gasteiger partial charge in [-0.15, -0.1) is 0 Å². The number of amides is 4. The molecule has 3 aromatic carbocycles. The Morgan fingerprint density at radius 2 is 1.70 bits per heavy atom. The van der Waals surface area contributed by atoms with E-state index in [0.29, 0.717) is 31.2 Å². The molecule has 0 radical (unpaired) electrons. The van der Waals surface area contributed by atoms with Gasteiger partial charge in [0.1, 0.15) is 5.84 Å². The molecule has 1 fully saturated rings. The van der Waals surface area contributed by atoms with Crippen LogP contribution in [-0.4, -0.2) is 61.3 Å². The highest BCUT2D eigenvalue weighted by atomic mass is 32.2. The quantitative estimate of drug-likeness (QED) is 0.0834. The number of nitrogens with zero attached hydrogens (tertiary/aromatic N) is 1. The van der Waals surface area contributed by atoms with Gasteiger partial charge in [-0.2, -0.15) is 0 Å². The highest BCUT2D eigenvalue weighted by molar-refractivity contribution is 7.97. The molecule has 4 amide bonds. The molecule has 3 aromatic rings. The number of nitrogen functional groups attached to an aromatic ring is 1. The number of anilines is 1. The van der Waals surface area contributed by atoms with Crippen LogP contribution in [0.5, 0.6) is 0 Å². The zero-order valence-corrected chi connectivity index (χ0v) is 27.2. The molecule has 0 saturated carbocycles. The number of piperidine rings is 1. The maximum Gasteiger partial charge on any atom is 0.315 e. The van der Waals surface area contributed by atoms with E-state index in [2.05, 4.69) is 20.7 Å². The summed E-state index contributed by atoms with van der Waals surface area (Å²) in [5.74, 6) is 0.590. The lowest BCUT2D eigenvalue weighted by atomic mass is 9.93. The van der Waals surface area contributed by atoms with E-state index >= 15 is 0 Å². The molecule has 1 aliphatic heterocycles. The number of urea groups is 1. The molecule has 1 heterocycles. The van der Waals surface area contributed by atoms with Crippen molar-refractivity contribution < 1.29 is 14.4 Å². The molecule has 0 aliphatic carbocycles. The van der Waals surface area contributed by atoms with Gasteiger partial charge in [-0.1, -0.05) is 60.2 Å². The molecule has 0 aromatic heterocycles. The van der Waals surface area contributed by atoms with Crippen LogP contribution < -0.4 is 32.1 Å². The number of rotatable bonds is 13. The smallest absolute Gasteiger partial charge is 0.315 e. The average Bonchev–Trinajstić information content (AvgIpc) is 3.05. The molecule has 9 N–H and O–H groups in total. The number of carbonyl (C=O) groups excluding carboxylic acids is 3. The van der Waals surface area contributed by atoms with Crippen molar-refractivity contribution in [3.63, 3.8) is 0 Å². The predicted molar refractivity (Wildman–Crippen MR) is 185 cm³/mol. The number of likely N-dealkylation sites (tertiary alicyclic amines) is 1. The molecular weight excluding hydrogens is 600 g/mol. The second kappa shape index (κ2) is 19.9. The Hall–Kier alpha value is -4.39. The number of nitrogens with one attached hydrogen (secondary N) is 5. The molecule has 4 rings (SSSR count). The van der Waals surface area contributed by atoms with E-state index in [4.69, 9.17) is 16.9 Å². The van der Waals surface area contributed by atoms with Crippen LogP contribution in [0.4, 0.5) is 10.5 Å². The van der Waals surface area contributed by atoms with Crippen molar-refractivity contribution in [2.75, 3.05) is 38.0 Å². The third-order valence-electron chi connectivity index (χ3n) is 7.33. The highest BCUT2D eigenvalue weighted by Crippen LogP contribution is 2.21. The number of nitrogens with two attached hydrogens (primary N) is 2. The lowest BCUT2D eigenvalue weighted by Crippen LogP contribution is -2.42. The van der Waals surface area contributed by atoms with E-state index in [-0.39, 0.29) is 36.6 Å². The van der Waals surface area contributed by atoms with E-state index in [1.807, 2.05) is 90.7 Å². The summed E-state index contributed by atoms with van der Waals surface area (Å²) in [5, 5.41) is 15.7. The van der Waals surface area contributed by atoms with Crippen LogP contribution in [0.25, 0.3) is 0 Å². The molecule has 0 bridgehead atoms. The van der Waals surface area contributed by atoms with Crippen molar-refractivity contribution in [3.05, 3.63) is 95.6 Å². The first kappa shape index (κ1) is 36.1. The first-order chi connectivity index (χ1) is 22.2. The molecular formula is C34H46N8O3S. The number of hydrogen-bond acceptors (Lipinski definition) is 7. The molecule has 11 nitrogen and oxygen atoms in total. The highest BCUT2D eigenvalue weighted by Gasteiger charge is 2.22. The van der Waals surface area contributed by atoms with Crippen molar-refractivity contribution in [2.24, 2.45) is 17.4 Å². The van der Waals surface area contributed by atoms with Crippen LogP contribution in [-0.2, 0) is 16.1 Å². The monoisotopic (exact) mass is 646 g/mol. The van der Waals surface area contributed by atoms with Crippen molar-refractivity contribution in [3.8, 4) is 0 Å². The molecule has 46 heavy (non-hydrogen) atoms. The van der Waals surface area contributed by atoms with Crippen LogP contribution in [0.15, 0.2) is 83.8 Å². The third kappa shape index (κ3) is 13.7. The van der Waals surface area contributed by atoms with Crippen molar-refractivity contribution >= 4 is 41.3 Å². The minimum atomic E-state index is -0.154. The minimum absolute atomic E-state index is 0.0757. The lowest BCUT2D eigenvalue weighted by Gasteiger charge is -2.32. The topological polar surface area (TPSA) is 178 Å². The first-order valence-corrected chi connectivity index (χ1v) is 16.3. The number of benzene rings is 3. The number of hydrogen-bond donors (Lipinski definition) is 7. The van der Waals surface area contributed by atoms with Gasteiger partial charge in [0.15, 0.2) is 0 Å². The van der Waals surface area contributed by atoms with Crippen LogP contribution in [0.1, 0.15) is 42.4 Å². The second-order valence-electron chi connectivity index (χ2n) is 11.0. The predicted octanol–water partition coefficient (Wildman–Crippen LogP) is 3.98. The van der Waals surface area contributed by atoms with Crippen LogP contribution >= 0.6 is 11.9 Å². The summed E-state index contributed by atoms with van der Waals surface area (Å²) in [7, 11) is 0. The summed E-state index contributed by atoms with van der Waals surface area (Å²) >= 11 is 1.36. The summed E-state index contributed by atoms with van der Waals surface area (Å²) in [6, 6.07) is 24.7. The van der Waals surface area contributed by atoms with Crippen molar-refractivity contribution in [1.82, 2.24) is 20.3 Å². The first-order valence-electron chi connectivity index (χ1n) is 15.5. The molecule has 0 unspecified atom stereocenters. The Morgan fingerprint density at radius 3 is 2.37 bits per heavy atom. The Kier molecular flexibility index (Phi) is 15.6. The zero-order valence-electron chi connectivity index (χ0n) is 26.4. The largest absolute Gasteiger partial charge is 0.384 e. The number of amidine groups is 1. The Balaban J connectivity index is 0.000000489. The van der Waals surface area contributed by atoms with E-state index in [1.165, 1.54) is 11.9 Å². The Morgan fingerprint density at radius 1 is 0.957 bits per heavy atom. The Bertz CT molecular complexity index is 1410. The molecule has 1 saturated heterocycles. The number of aryl methyl sites for hydroxylation is 1. The van der Waals surface area contributed by atoms with Crippen LogP contribution in [0, 0.1) is 18.3 Å². The zero-order chi connectivity index (χ0) is 33.1. The van der Waals surface area contributed by atoms with E-state index < -0.39 is 0 Å². The van der Waals surface area contributed by atoms with Gasteiger partial charge in [0.2, 0.25) is 11.8 Å². The maximum atomic E-state index is 12.6. The van der Waals surface area contributed by atoms with Gasteiger partial charge in [0.05, 0.1) is 6.54 Å². The lowest BCUT2D eigenvalue weighted by molar-refractivity contribution is -0.131. The van der Waals surface area contributed by atoms with E-state index in [9.17, 15) is 14.4 Å². The normalized spacial score (nSPS) is 12.8. The molecule has 12 heteroatoms. The van der Waals surface area contributed by atoms with Gasteiger partial charge >= 0.3 is 6.03 Å². The summed E-state index contributed by atoms with van der Waals surface area (Å²) in [6.07, 6.45) is 3.07. The fourth-order valence-electron chi connectivity index (χ4n) is 4.80. The molecule has 0 spiro atoms. The van der Waals surface area contributed by atoms with Crippen molar-refractivity contribution in [2.45, 2.75) is 44.0 Å². The third-order valence-corrected chi connectivity index (χ3v) is 8.11. The van der Waals surface area contributed by atoms with Crippen molar-refractivity contribution in [1.29, 1.82) is 5.41 Å². The van der Waals surface area contributed by atoms with Gasteiger partial charge in [0.25, 0.3) is 0 Å². The SMILES string of the molecule is Cc1cccc(C(=N)N)c1.NCCC(=O)Nc1cccc(SNCC(=O)N2CCC(CCNC(=O)NCc3ccccc3)CC2)c1. The molecule has 1 aliphatic rings. The van der Waals surface area contributed by atoms with E-state index in [0.717, 1.165) is 53.9 Å². The maximum absolute atomic E-state index is 12.6. The van der Waals surface area contributed by atoms with Crippen LogP contribution in [0.3, 0.4) is 0 Å². The van der Waals surface area contributed by atoms with Gasteiger partial charge in [-0.3, -0.25) is 19.7 Å². The van der Waals surface area contributed by atoms with Gasteiger partial charge < -0.3 is 32.3 Å². The summed E-state index contributed by atoms with van der Waals surface area (Å²) in [4.78, 5) is 39.1. The fraction of sp³-hybridized carbons (Fsp3) is 0.353. The standard InChI is InChI=1S/C26H36N6O3S.C8H10N2/c27-13-9-24(33)31-22-7-4-8-23(17-22)36-30-19-25(34)32-15-11-20(12-16-32)10-14-28-26(35)29-18-21-5-2-1-3-6-21;1-6-3-2-4-7(5-6)8(9)10/h1-8,17,20,30H,9-16,18-19,27H2,(H,31,33)(H2,28,29,35);2-5H,1H3,(H3,9,10). The average molecular weight is 647 g/mol. The second-order valence-corrected chi connectivity index (χ2v) is 12.0. The van der Waals surface area contributed by atoms with Crippen LogP contribution in [0.2, 0.25) is 0 Å². The van der Waals surface area contributed by atoms with Gasteiger partial charge in [0, 0.05) is 55.3 Å². The van der Waals surface area contributed by atoms with Gasteiger partial charge in [-0.05, 0) is 73.9 Å².